The maximum absolute atomic E-state index is 12.1. The summed E-state index contributed by atoms with van der Waals surface area (Å²) in [4.78, 5) is 12.1. The molecule has 0 aliphatic heterocycles. The summed E-state index contributed by atoms with van der Waals surface area (Å²) in [5.41, 5.74) is 1.08. The molecule has 1 aromatic carbocycles. The molecule has 0 saturated carbocycles. The average molecular weight is 274 g/mol. The number of nitrogens with one attached hydrogen (secondary N) is 1. The second-order valence-corrected chi connectivity index (χ2v) is 5.47. The van der Waals surface area contributed by atoms with E-state index in [0.29, 0.717) is 22.9 Å². The van der Waals surface area contributed by atoms with Gasteiger partial charge in [-0.15, -0.1) is 11.6 Å². The summed E-state index contributed by atoms with van der Waals surface area (Å²) >= 11 is 11.8. The minimum absolute atomic E-state index is 0.159. The first-order chi connectivity index (χ1) is 7.87. The van der Waals surface area contributed by atoms with Gasteiger partial charge in [-0.25, -0.2) is 0 Å². The van der Waals surface area contributed by atoms with E-state index in [-0.39, 0.29) is 11.4 Å². The lowest BCUT2D eigenvalue weighted by Gasteiger charge is -2.25. The van der Waals surface area contributed by atoms with Crippen LogP contribution in [0.5, 0.6) is 0 Å². The van der Waals surface area contributed by atoms with Gasteiger partial charge in [0.25, 0.3) is 5.91 Å². The number of hydrogen-bond acceptors (Lipinski definition) is 1. The van der Waals surface area contributed by atoms with Crippen molar-refractivity contribution in [3.63, 3.8) is 0 Å². The van der Waals surface area contributed by atoms with Crippen LogP contribution in [-0.4, -0.2) is 17.3 Å². The Morgan fingerprint density at radius 1 is 1.41 bits per heavy atom. The van der Waals surface area contributed by atoms with Gasteiger partial charge in [-0.05, 0) is 38.8 Å². The van der Waals surface area contributed by atoms with Gasteiger partial charge in [0.05, 0.1) is 10.6 Å². The Morgan fingerprint density at radius 2 is 2.06 bits per heavy atom. The largest absolute Gasteiger partial charge is 0.347 e. The van der Waals surface area contributed by atoms with Crippen LogP contribution in [0.4, 0.5) is 0 Å². The lowest BCUT2D eigenvalue weighted by molar-refractivity contribution is 0.0911. The van der Waals surface area contributed by atoms with Crippen molar-refractivity contribution in [3.05, 3.63) is 34.3 Å². The molecule has 1 N–H and O–H groups in total. The number of carbonyl (C=O) groups is 1. The quantitative estimate of drug-likeness (QED) is 0.832. The number of carbonyl (C=O) groups excluding carboxylic acids is 1. The van der Waals surface area contributed by atoms with Gasteiger partial charge in [-0.2, -0.15) is 0 Å². The van der Waals surface area contributed by atoms with E-state index in [4.69, 9.17) is 23.2 Å². The molecule has 0 heterocycles. The molecular formula is C13H17Cl2NO. The van der Waals surface area contributed by atoms with Crippen molar-refractivity contribution in [3.8, 4) is 0 Å². The SMILES string of the molecule is Cc1cccc(C(=O)NC(C)(C)CCCl)c1Cl. The predicted octanol–water partition coefficient (Wildman–Crippen LogP) is 3.79. The van der Waals surface area contributed by atoms with E-state index in [0.717, 1.165) is 5.56 Å². The van der Waals surface area contributed by atoms with Gasteiger partial charge < -0.3 is 5.32 Å². The Labute approximate surface area is 112 Å². The second kappa shape index (κ2) is 5.74. The molecule has 0 spiro atoms. The lowest BCUT2D eigenvalue weighted by Crippen LogP contribution is -2.43. The Bertz CT molecular complexity index is 416. The molecule has 0 bridgehead atoms. The number of benzene rings is 1. The summed E-state index contributed by atoms with van der Waals surface area (Å²) in [6.07, 6.45) is 0.712. The molecule has 1 aromatic rings. The summed E-state index contributed by atoms with van der Waals surface area (Å²) in [6, 6.07) is 5.43. The summed E-state index contributed by atoms with van der Waals surface area (Å²) in [7, 11) is 0. The fraction of sp³-hybridized carbons (Fsp3) is 0.462. The third kappa shape index (κ3) is 3.90. The van der Waals surface area contributed by atoms with Gasteiger partial charge in [0.15, 0.2) is 0 Å². The van der Waals surface area contributed by atoms with Gasteiger partial charge in [0.2, 0.25) is 0 Å². The standard InChI is InChI=1S/C13H17Cl2NO/c1-9-5-4-6-10(11(9)15)12(17)16-13(2,3)7-8-14/h4-6H,7-8H2,1-3H3,(H,16,17). The molecule has 2 nitrogen and oxygen atoms in total. The van der Waals surface area contributed by atoms with Crippen LogP contribution in [0.2, 0.25) is 5.02 Å². The Kier molecular flexibility index (Phi) is 4.84. The number of halogens is 2. The van der Waals surface area contributed by atoms with Crippen molar-refractivity contribution in [1.29, 1.82) is 0 Å². The van der Waals surface area contributed by atoms with E-state index in [1.165, 1.54) is 0 Å². The number of aryl methyl sites for hydroxylation is 1. The van der Waals surface area contributed by atoms with Crippen LogP contribution in [0.1, 0.15) is 36.2 Å². The molecule has 0 fully saturated rings. The van der Waals surface area contributed by atoms with Gasteiger partial charge >= 0.3 is 0 Å². The highest BCUT2D eigenvalue weighted by Crippen LogP contribution is 2.21. The highest BCUT2D eigenvalue weighted by Gasteiger charge is 2.21. The molecular weight excluding hydrogens is 257 g/mol. The van der Waals surface area contributed by atoms with Crippen LogP contribution < -0.4 is 5.32 Å². The molecule has 17 heavy (non-hydrogen) atoms. The molecule has 1 amide bonds. The van der Waals surface area contributed by atoms with E-state index in [2.05, 4.69) is 5.32 Å². The van der Waals surface area contributed by atoms with Crippen molar-refractivity contribution in [2.24, 2.45) is 0 Å². The molecule has 0 atom stereocenters. The first-order valence-corrected chi connectivity index (χ1v) is 6.42. The van der Waals surface area contributed by atoms with E-state index < -0.39 is 0 Å². The molecule has 4 heteroatoms. The Morgan fingerprint density at radius 3 is 2.65 bits per heavy atom. The zero-order valence-corrected chi connectivity index (χ0v) is 11.8. The number of hydrogen-bond donors (Lipinski definition) is 1. The van der Waals surface area contributed by atoms with Gasteiger partial charge in [-0.1, -0.05) is 23.7 Å². The minimum Gasteiger partial charge on any atom is -0.347 e. The van der Waals surface area contributed by atoms with Crippen LogP contribution in [-0.2, 0) is 0 Å². The van der Waals surface area contributed by atoms with Gasteiger partial charge in [-0.3, -0.25) is 4.79 Å². The topological polar surface area (TPSA) is 29.1 Å². The normalized spacial score (nSPS) is 11.4. The first kappa shape index (κ1) is 14.3. The van der Waals surface area contributed by atoms with Crippen molar-refractivity contribution < 1.29 is 4.79 Å². The van der Waals surface area contributed by atoms with Crippen LogP contribution in [0.3, 0.4) is 0 Å². The molecule has 1 rings (SSSR count). The van der Waals surface area contributed by atoms with Crippen LogP contribution in [0, 0.1) is 6.92 Å². The van der Waals surface area contributed by atoms with Gasteiger partial charge in [0.1, 0.15) is 0 Å². The maximum atomic E-state index is 12.1. The molecule has 0 aliphatic rings. The van der Waals surface area contributed by atoms with Gasteiger partial charge in [0, 0.05) is 11.4 Å². The van der Waals surface area contributed by atoms with E-state index in [1.54, 1.807) is 6.07 Å². The lowest BCUT2D eigenvalue weighted by atomic mass is 10.0. The smallest absolute Gasteiger partial charge is 0.253 e. The van der Waals surface area contributed by atoms with Crippen molar-refractivity contribution in [1.82, 2.24) is 5.32 Å². The van der Waals surface area contributed by atoms with Crippen LogP contribution in [0.25, 0.3) is 0 Å². The summed E-state index contributed by atoms with van der Waals surface area (Å²) in [5, 5.41) is 3.44. The molecule has 0 saturated heterocycles. The van der Waals surface area contributed by atoms with Crippen LogP contribution >= 0.6 is 23.2 Å². The zero-order chi connectivity index (χ0) is 13.1. The molecule has 0 aliphatic carbocycles. The number of alkyl halides is 1. The highest BCUT2D eigenvalue weighted by atomic mass is 35.5. The molecule has 94 valence electrons. The fourth-order valence-electron chi connectivity index (χ4n) is 1.50. The zero-order valence-electron chi connectivity index (χ0n) is 10.3. The number of amides is 1. The molecule has 0 unspecified atom stereocenters. The Hall–Kier alpha value is -0.730. The molecule has 0 aromatic heterocycles. The third-order valence-corrected chi connectivity index (χ3v) is 3.30. The Balaban J connectivity index is 2.87. The van der Waals surface area contributed by atoms with Crippen molar-refractivity contribution in [2.75, 3.05) is 5.88 Å². The predicted molar refractivity (Wildman–Crippen MR) is 73.1 cm³/mol. The molecule has 0 radical (unpaired) electrons. The number of rotatable bonds is 4. The van der Waals surface area contributed by atoms with Crippen LogP contribution in [0.15, 0.2) is 18.2 Å². The monoisotopic (exact) mass is 273 g/mol. The van der Waals surface area contributed by atoms with E-state index in [9.17, 15) is 4.79 Å². The van der Waals surface area contributed by atoms with E-state index >= 15 is 0 Å². The van der Waals surface area contributed by atoms with E-state index in [1.807, 2.05) is 32.9 Å². The summed E-state index contributed by atoms with van der Waals surface area (Å²) in [6.45, 7) is 5.76. The highest BCUT2D eigenvalue weighted by molar-refractivity contribution is 6.34. The summed E-state index contributed by atoms with van der Waals surface area (Å²) in [5.74, 6) is 0.350. The fourth-order valence-corrected chi connectivity index (χ4v) is 2.18. The van der Waals surface area contributed by atoms with Crippen molar-refractivity contribution in [2.45, 2.75) is 32.7 Å². The van der Waals surface area contributed by atoms with Crippen molar-refractivity contribution >= 4 is 29.1 Å². The second-order valence-electron chi connectivity index (χ2n) is 4.71. The average Bonchev–Trinajstić information content (AvgIpc) is 2.21. The maximum Gasteiger partial charge on any atom is 0.253 e. The third-order valence-electron chi connectivity index (χ3n) is 2.61. The minimum atomic E-state index is -0.327. The summed E-state index contributed by atoms with van der Waals surface area (Å²) < 4.78 is 0. The first-order valence-electron chi connectivity index (χ1n) is 5.51.